The lowest BCUT2D eigenvalue weighted by atomic mass is 10.0. The molecule has 17 rings (SSSR count). The molecule has 0 unspecified atom stereocenters. The molecule has 9 heteroatoms. The van der Waals surface area contributed by atoms with E-state index in [1.807, 2.05) is 98.1 Å². The summed E-state index contributed by atoms with van der Waals surface area (Å²) in [5, 5.41) is 8.23. The summed E-state index contributed by atoms with van der Waals surface area (Å²) in [7, 11) is 0. The summed E-state index contributed by atoms with van der Waals surface area (Å²) < 4.78 is 30.1. The lowest BCUT2D eigenvalue weighted by molar-refractivity contribution is 0.611. The van der Waals surface area contributed by atoms with E-state index in [4.69, 9.17) is 0 Å². The van der Waals surface area contributed by atoms with E-state index < -0.39 is 0 Å². The highest BCUT2D eigenvalue weighted by Gasteiger charge is 2.33. The molecule has 0 saturated heterocycles. The quantitative estimate of drug-likeness (QED) is 0.152. The fourth-order valence-corrected chi connectivity index (χ4v) is 13.5. The maximum Gasteiger partial charge on any atom is 0.175 e. The molecule has 0 saturated carbocycles. The largest absolute Gasteiger partial charge is 0.307 e. The van der Waals surface area contributed by atoms with E-state index in [-0.39, 0.29) is 5.82 Å². The van der Waals surface area contributed by atoms with Crippen LogP contribution < -0.4 is 0 Å². The summed E-state index contributed by atoms with van der Waals surface area (Å²) in [6, 6.07) is 76.8. The van der Waals surface area contributed by atoms with Gasteiger partial charge in [-0.15, -0.1) is 0 Å². The molecule has 8 heterocycles. The predicted octanol–water partition coefficient (Wildman–Crippen LogP) is 18.8. The van der Waals surface area contributed by atoms with Gasteiger partial charge in [-0.1, -0.05) is 97.1 Å². The van der Waals surface area contributed by atoms with Crippen LogP contribution in [0, 0.1) is 12.7 Å². The van der Waals surface area contributed by atoms with Crippen LogP contribution >= 0.6 is 0 Å². The second-order valence-corrected chi connectivity index (χ2v) is 21.6. The summed E-state index contributed by atoms with van der Waals surface area (Å²) in [5.41, 5.74) is 18.9. The van der Waals surface area contributed by atoms with Crippen LogP contribution in [0.15, 0.2) is 268 Å². The fourth-order valence-electron chi connectivity index (χ4n) is 13.5. The van der Waals surface area contributed by atoms with Crippen molar-refractivity contribution in [1.82, 2.24) is 38.2 Å². The molecule has 0 atom stereocenters. The third-order valence-electron chi connectivity index (χ3n) is 17.2. The number of halogens is 1. The highest BCUT2D eigenvalue weighted by molar-refractivity contribution is 6.16. The van der Waals surface area contributed by atoms with E-state index in [0.717, 1.165) is 137 Å². The average Bonchev–Trinajstić information content (AvgIpc) is 1.99. The maximum absolute atomic E-state index is 21.0. The van der Waals surface area contributed by atoms with Crippen LogP contribution in [0.25, 0.3) is 154 Å². The van der Waals surface area contributed by atoms with E-state index in [1.54, 1.807) is 0 Å². The summed E-state index contributed by atoms with van der Waals surface area (Å²) in [6.45, 7) is 2.21. The summed E-state index contributed by atoms with van der Waals surface area (Å²) >= 11 is 0. The first-order valence-corrected chi connectivity index (χ1v) is 28.2. The Kier molecular flexibility index (Phi) is 10.5. The minimum absolute atomic E-state index is 0.378. The van der Waals surface area contributed by atoms with E-state index in [2.05, 4.69) is 215 Å². The van der Waals surface area contributed by atoms with E-state index in [9.17, 15) is 0 Å². The zero-order valence-electron chi connectivity index (χ0n) is 45.4. The van der Waals surface area contributed by atoms with Crippen molar-refractivity contribution >= 4 is 87.2 Å². The first-order valence-electron chi connectivity index (χ1n) is 28.2. The molecule has 8 aromatic heterocycles. The van der Waals surface area contributed by atoms with Gasteiger partial charge in [0.25, 0.3) is 0 Å². The molecule has 0 bridgehead atoms. The van der Waals surface area contributed by atoms with E-state index >= 15 is 4.39 Å². The molecule has 0 spiro atoms. The SMILES string of the molecule is Cc1c(-n2c3ccc(-c4ccncc4)cc3c3cc(-c4ccncc4)ccc32)c(-n2c3ccccc3c3ccccc32)c(F)c(-n2c3ccccc3c3ccccc32)c1-n1c2ccc(-c3ccncc3)cc2c2cc(-c3ccncc3)ccc21. The Labute approximate surface area is 480 Å². The van der Waals surface area contributed by atoms with Crippen LogP contribution in [0.3, 0.4) is 0 Å². The number of hydrogen-bond donors (Lipinski definition) is 0. The Balaban J connectivity index is 1.10. The molecular weight excluding hydrogens is 1030 g/mol. The molecular formula is C75H47FN8. The molecule has 0 amide bonds. The third kappa shape index (κ3) is 7.05. The van der Waals surface area contributed by atoms with Gasteiger partial charge in [0.15, 0.2) is 5.82 Å². The Morgan fingerprint density at radius 1 is 0.238 bits per heavy atom. The van der Waals surface area contributed by atoms with Crippen LogP contribution in [0.2, 0.25) is 0 Å². The van der Waals surface area contributed by atoms with Gasteiger partial charge in [-0.3, -0.25) is 19.9 Å². The number of pyridine rings is 4. The molecule has 0 N–H and O–H groups in total. The Bertz CT molecular complexity index is 4870. The zero-order chi connectivity index (χ0) is 55.6. The lowest BCUT2D eigenvalue weighted by Crippen LogP contribution is -2.16. The Morgan fingerprint density at radius 2 is 0.464 bits per heavy atom. The van der Waals surface area contributed by atoms with Crippen molar-refractivity contribution in [2.45, 2.75) is 6.92 Å². The van der Waals surface area contributed by atoms with Gasteiger partial charge in [-0.2, -0.15) is 0 Å². The number of para-hydroxylation sites is 4. The van der Waals surface area contributed by atoms with Crippen molar-refractivity contribution in [3.8, 4) is 67.3 Å². The van der Waals surface area contributed by atoms with Crippen LogP contribution in [-0.4, -0.2) is 38.2 Å². The van der Waals surface area contributed by atoms with Gasteiger partial charge in [0.05, 0.1) is 55.5 Å². The standard InChI is InChI=1S/C75H47FN8/c1-46-72(81-67-22-18-51(47-26-34-77-35-27-47)42-59(67)60-43-52(19-23-68(60)81)48-28-36-78-37-29-48)74(83-63-14-6-2-10-55(63)56-11-3-7-15-64(56)83)71(76)75(84-65-16-8-4-12-57(65)58-13-5-9-17-66(58)84)73(46)82-69-24-20-53(49-30-38-79-39-31-49)44-61(69)62-45-54(21-25-70(62)82)50-32-40-80-41-33-50/h2-45H,1H3. The minimum atomic E-state index is -0.378. The van der Waals surface area contributed by atoms with Gasteiger partial charge < -0.3 is 18.3 Å². The van der Waals surface area contributed by atoms with Crippen molar-refractivity contribution in [2.24, 2.45) is 0 Å². The smallest absolute Gasteiger partial charge is 0.175 e. The first-order chi connectivity index (χ1) is 41.6. The second kappa shape index (κ2) is 18.6. The van der Waals surface area contributed by atoms with Crippen molar-refractivity contribution in [3.63, 3.8) is 0 Å². The number of rotatable bonds is 8. The van der Waals surface area contributed by atoms with Crippen molar-refractivity contribution in [1.29, 1.82) is 0 Å². The Hall–Kier alpha value is -11.3. The molecule has 0 aliphatic carbocycles. The van der Waals surface area contributed by atoms with Crippen molar-refractivity contribution in [2.75, 3.05) is 0 Å². The summed E-state index contributed by atoms with van der Waals surface area (Å²) in [5.74, 6) is -0.378. The molecule has 0 aliphatic rings. The summed E-state index contributed by atoms with van der Waals surface area (Å²) in [6.07, 6.45) is 14.7. The number of aromatic nitrogens is 8. The van der Waals surface area contributed by atoms with Crippen molar-refractivity contribution < 1.29 is 4.39 Å². The van der Waals surface area contributed by atoms with Gasteiger partial charge in [-0.05, 0) is 173 Å². The number of fused-ring (bicyclic) bond motifs is 12. The Morgan fingerprint density at radius 3 is 0.726 bits per heavy atom. The molecule has 0 fully saturated rings. The van der Waals surface area contributed by atoms with Crippen LogP contribution in [0.5, 0.6) is 0 Å². The van der Waals surface area contributed by atoms with Crippen LogP contribution in [0.4, 0.5) is 4.39 Å². The van der Waals surface area contributed by atoms with Gasteiger partial charge in [0.2, 0.25) is 0 Å². The number of benzene rings is 9. The second-order valence-electron chi connectivity index (χ2n) is 21.6. The fraction of sp³-hybridized carbons (Fsp3) is 0.0133. The topological polar surface area (TPSA) is 71.3 Å². The van der Waals surface area contributed by atoms with E-state index in [0.29, 0.717) is 22.7 Å². The van der Waals surface area contributed by atoms with Crippen LogP contribution in [0.1, 0.15) is 5.56 Å². The molecule has 0 radical (unpaired) electrons. The molecule has 84 heavy (non-hydrogen) atoms. The molecule has 9 aromatic carbocycles. The minimum Gasteiger partial charge on any atom is -0.307 e. The van der Waals surface area contributed by atoms with Crippen molar-refractivity contribution in [3.05, 3.63) is 279 Å². The number of nitrogens with zero attached hydrogens (tertiary/aromatic N) is 8. The first kappa shape index (κ1) is 47.5. The molecule has 17 aromatic rings. The van der Waals surface area contributed by atoms with Gasteiger partial charge in [0.1, 0.15) is 11.4 Å². The van der Waals surface area contributed by atoms with Gasteiger partial charge in [-0.25, -0.2) is 4.39 Å². The van der Waals surface area contributed by atoms with Gasteiger partial charge in [0, 0.05) is 98.2 Å². The van der Waals surface area contributed by atoms with Gasteiger partial charge >= 0.3 is 0 Å². The molecule has 8 nitrogen and oxygen atoms in total. The third-order valence-corrected chi connectivity index (χ3v) is 17.2. The van der Waals surface area contributed by atoms with E-state index in [1.165, 1.54) is 0 Å². The molecule has 0 aliphatic heterocycles. The monoisotopic (exact) mass is 1080 g/mol. The maximum atomic E-state index is 21.0. The summed E-state index contributed by atoms with van der Waals surface area (Å²) in [4.78, 5) is 17.5. The average molecular weight is 1080 g/mol. The highest BCUT2D eigenvalue weighted by atomic mass is 19.1. The normalized spacial score (nSPS) is 11.9. The van der Waals surface area contributed by atoms with Crippen LogP contribution in [-0.2, 0) is 0 Å². The molecule has 394 valence electrons. The highest BCUT2D eigenvalue weighted by Crippen LogP contribution is 2.49. The predicted molar refractivity (Wildman–Crippen MR) is 341 cm³/mol. The zero-order valence-corrected chi connectivity index (χ0v) is 45.4. The number of hydrogen-bond acceptors (Lipinski definition) is 4. The lowest BCUT2D eigenvalue weighted by Gasteiger charge is -2.27.